The van der Waals surface area contributed by atoms with Gasteiger partial charge in [-0.2, -0.15) is 18.3 Å². The van der Waals surface area contributed by atoms with Crippen LogP contribution in [0.4, 0.5) is 13.2 Å². The minimum Gasteiger partial charge on any atom is -0.357 e. The number of halogens is 3. The zero-order valence-corrected chi connectivity index (χ0v) is 15.0. The summed E-state index contributed by atoms with van der Waals surface area (Å²) in [6.07, 6.45) is -3.17. The van der Waals surface area contributed by atoms with Gasteiger partial charge in [0.25, 0.3) is 0 Å². The van der Waals surface area contributed by atoms with Crippen LogP contribution in [-0.2, 0) is 11.6 Å². The predicted molar refractivity (Wildman–Crippen MR) is 89.7 cm³/mol. The van der Waals surface area contributed by atoms with E-state index >= 15 is 0 Å². The average molecular weight is 353 g/mol. The van der Waals surface area contributed by atoms with Gasteiger partial charge in [-0.1, -0.05) is 6.92 Å². The molecule has 0 radical (unpaired) electrons. The van der Waals surface area contributed by atoms with Crippen LogP contribution in [0.2, 0.25) is 0 Å². The number of H-pyrrole nitrogens is 1. The first-order valence-electron chi connectivity index (χ1n) is 8.37. The van der Waals surface area contributed by atoms with Gasteiger partial charge in [0, 0.05) is 28.8 Å². The molecular weight excluding hydrogens is 331 g/mol. The monoisotopic (exact) mass is 353 g/mol. The van der Waals surface area contributed by atoms with Gasteiger partial charge in [0.05, 0.1) is 17.1 Å². The van der Waals surface area contributed by atoms with Gasteiger partial charge in [-0.25, -0.2) is 0 Å². The number of aromatic amines is 1. The SMILES string of the molecule is Cc1[nH]c(-c2c(C(F)(F)F)c(C3(C)CC3)nn2C(C)C)cc(=O)c1C. The fourth-order valence-electron chi connectivity index (χ4n) is 3.07. The van der Waals surface area contributed by atoms with E-state index in [1.807, 2.05) is 6.92 Å². The van der Waals surface area contributed by atoms with E-state index < -0.39 is 17.2 Å². The molecule has 0 bridgehead atoms. The normalized spacial score (nSPS) is 16.5. The molecule has 1 fully saturated rings. The van der Waals surface area contributed by atoms with E-state index in [9.17, 15) is 18.0 Å². The molecule has 0 aliphatic heterocycles. The Kier molecular flexibility index (Phi) is 3.89. The molecule has 3 rings (SSSR count). The van der Waals surface area contributed by atoms with E-state index in [0.717, 1.165) is 0 Å². The maximum atomic E-state index is 14.0. The lowest BCUT2D eigenvalue weighted by Crippen LogP contribution is -2.16. The molecule has 7 heteroatoms. The van der Waals surface area contributed by atoms with Crippen LogP contribution in [0, 0.1) is 13.8 Å². The third kappa shape index (κ3) is 2.89. The van der Waals surface area contributed by atoms with E-state index in [0.29, 0.717) is 24.1 Å². The van der Waals surface area contributed by atoms with Crippen molar-refractivity contribution in [3.05, 3.63) is 38.8 Å². The van der Waals surface area contributed by atoms with Crippen molar-refractivity contribution in [1.82, 2.24) is 14.8 Å². The Labute approximate surface area is 144 Å². The van der Waals surface area contributed by atoms with Crippen LogP contribution in [0.25, 0.3) is 11.4 Å². The standard InChI is InChI=1S/C18H22F3N3O/c1-9(2)24-15(12-8-13(25)10(3)11(4)22-12)14(18(19,20)21)16(23-24)17(5)6-7-17/h8-9H,6-7H2,1-5H3,(H,22,25). The third-order valence-electron chi connectivity index (χ3n) is 5.04. The second kappa shape index (κ2) is 5.47. The fraction of sp³-hybridized carbons (Fsp3) is 0.556. The zero-order chi connectivity index (χ0) is 18.7. The molecule has 2 heterocycles. The molecular formula is C18H22F3N3O. The van der Waals surface area contributed by atoms with Crippen molar-refractivity contribution in [3.8, 4) is 11.4 Å². The largest absolute Gasteiger partial charge is 0.420 e. The van der Waals surface area contributed by atoms with Gasteiger partial charge in [-0.05, 0) is 40.5 Å². The Morgan fingerprint density at radius 1 is 1.28 bits per heavy atom. The predicted octanol–water partition coefficient (Wildman–Crippen LogP) is 4.51. The number of hydrogen-bond acceptors (Lipinski definition) is 2. The summed E-state index contributed by atoms with van der Waals surface area (Å²) in [4.78, 5) is 15.1. The van der Waals surface area contributed by atoms with Crippen LogP contribution in [0.15, 0.2) is 10.9 Å². The van der Waals surface area contributed by atoms with Crippen molar-refractivity contribution in [3.63, 3.8) is 0 Å². The Morgan fingerprint density at radius 2 is 1.88 bits per heavy atom. The zero-order valence-electron chi connectivity index (χ0n) is 15.0. The Balaban J connectivity index is 2.39. The summed E-state index contributed by atoms with van der Waals surface area (Å²) in [6.45, 7) is 8.72. The first-order chi connectivity index (χ1) is 11.5. The topological polar surface area (TPSA) is 50.7 Å². The van der Waals surface area contributed by atoms with Gasteiger partial charge in [0.1, 0.15) is 5.56 Å². The second-order valence-electron chi connectivity index (χ2n) is 7.47. The first kappa shape index (κ1) is 17.8. The van der Waals surface area contributed by atoms with E-state index in [4.69, 9.17) is 0 Å². The lowest BCUT2D eigenvalue weighted by atomic mass is 9.97. The maximum absolute atomic E-state index is 14.0. The van der Waals surface area contributed by atoms with Crippen LogP contribution in [0.1, 0.15) is 62.2 Å². The van der Waals surface area contributed by atoms with Gasteiger partial charge in [-0.3, -0.25) is 9.48 Å². The van der Waals surface area contributed by atoms with Gasteiger partial charge in [-0.15, -0.1) is 0 Å². The van der Waals surface area contributed by atoms with Crippen molar-refractivity contribution in [2.24, 2.45) is 0 Å². The maximum Gasteiger partial charge on any atom is 0.420 e. The molecule has 0 unspecified atom stereocenters. The summed E-state index contributed by atoms with van der Waals surface area (Å²) in [7, 11) is 0. The highest BCUT2D eigenvalue weighted by molar-refractivity contribution is 5.64. The Hall–Kier alpha value is -2.05. The first-order valence-corrected chi connectivity index (χ1v) is 8.37. The number of aromatic nitrogens is 3. The number of rotatable bonds is 3. The molecule has 0 saturated heterocycles. The van der Waals surface area contributed by atoms with Crippen molar-refractivity contribution in [2.45, 2.75) is 65.1 Å². The number of alkyl halides is 3. The molecule has 136 valence electrons. The summed E-state index contributed by atoms with van der Waals surface area (Å²) < 4.78 is 43.3. The summed E-state index contributed by atoms with van der Waals surface area (Å²) in [6, 6.07) is 0.976. The lowest BCUT2D eigenvalue weighted by molar-refractivity contribution is -0.138. The third-order valence-corrected chi connectivity index (χ3v) is 5.04. The van der Waals surface area contributed by atoms with Crippen molar-refractivity contribution >= 4 is 0 Å². The molecule has 0 spiro atoms. The minimum absolute atomic E-state index is 0.0502. The van der Waals surface area contributed by atoms with Gasteiger partial charge in [0.2, 0.25) is 0 Å². The summed E-state index contributed by atoms with van der Waals surface area (Å²) in [5.74, 6) is 0. The van der Waals surface area contributed by atoms with Crippen molar-refractivity contribution < 1.29 is 13.2 Å². The van der Waals surface area contributed by atoms with Crippen LogP contribution >= 0.6 is 0 Å². The molecule has 0 aromatic carbocycles. The van der Waals surface area contributed by atoms with Crippen LogP contribution in [0.3, 0.4) is 0 Å². The second-order valence-corrected chi connectivity index (χ2v) is 7.47. The number of nitrogens with one attached hydrogen (secondary N) is 1. The summed E-state index contributed by atoms with van der Waals surface area (Å²) >= 11 is 0. The molecule has 1 aliphatic carbocycles. The average Bonchev–Trinajstić information content (AvgIpc) is 3.09. The lowest BCUT2D eigenvalue weighted by Gasteiger charge is -2.16. The van der Waals surface area contributed by atoms with E-state index in [-0.39, 0.29) is 28.6 Å². The van der Waals surface area contributed by atoms with Gasteiger partial charge < -0.3 is 4.98 Å². The number of hydrogen-bond donors (Lipinski definition) is 1. The molecule has 0 amide bonds. The van der Waals surface area contributed by atoms with E-state index in [2.05, 4.69) is 10.1 Å². The van der Waals surface area contributed by atoms with E-state index in [1.54, 1.807) is 27.7 Å². The molecule has 1 N–H and O–H groups in total. The Bertz CT molecular complexity index is 886. The molecule has 25 heavy (non-hydrogen) atoms. The summed E-state index contributed by atoms with van der Waals surface area (Å²) in [5.41, 5.74) is -0.283. The Morgan fingerprint density at radius 3 is 2.32 bits per heavy atom. The van der Waals surface area contributed by atoms with E-state index in [1.165, 1.54) is 10.7 Å². The smallest absolute Gasteiger partial charge is 0.357 e. The molecule has 1 saturated carbocycles. The molecule has 2 aromatic rings. The number of aryl methyl sites for hydroxylation is 1. The van der Waals surface area contributed by atoms with Gasteiger partial charge in [0.15, 0.2) is 5.43 Å². The highest BCUT2D eigenvalue weighted by atomic mass is 19.4. The number of nitrogens with zero attached hydrogens (tertiary/aromatic N) is 2. The van der Waals surface area contributed by atoms with Crippen LogP contribution < -0.4 is 5.43 Å². The number of pyridine rings is 1. The van der Waals surface area contributed by atoms with Gasteiger partial charge >= 0.3 is 6.18 Å². The molecule has 4 nitrogen and oxygen atoms in total. The molecule has 2 aromatic heterocycles. The van der Waals surface area contributed by atoms with Crippen molar-refractivity contribution in [1.29, 1.82) is 0 Å². The highest BCUT2D eigenvalue weighted by Gasteiger charge is 2.51. The minimum atomic E-state index is -4.54. The van der Waals surface area contributed by atoms with Crippen LogP contribution in [0.5, 0.6) is 0 Å². The molecule has 0 atom stereocenters. The van der Waals surface area contributed by atoms with Crippen molar-refractivity contribution in [2.75, 3.05) is 0 Å². The quantitative estimate of drug-likeness (QED) is 0.883. The summed E-state index contributed by atoms with van der Waals surface area (Å²) in [5, 5.41) is 4.34. The fourth-order valence-corrected chi connectivity index (χ4v) is 3.07. The molecule has 1 aliphatic rings. The highest BCUT2D eigenvalue weighted by Crippen LogP contribution is 2.53. The van der Waals surface area contributed by atoms with Crippen LogP contribution in [-0.4, -0.2) is 14.8 Å².